The Kier molecular flexibility index (Phi) is 8.04. The van der Waals surface area contributed by atoms with E-state index >= 15 is 0 Å². The topological polar surface area (TPSA) is 94.6 Å². The minimum Gasteiger partial charge on any atom is -0.493 e. The van der Waals surface area contributed by atoms with Gasteiger partial charge in [0.1, 0.15) is 5.75 Å². The molecule has 1 heterocycles. The molecule has 1 aliphatic heterocycles. The van der Waals surface area contributed by atoms with Crippen LogP contribution in [0.25, 0.3) is 0 Å². The second kappa shape index (κ2) is 10.8. The molecule has 0 N–H and O–H groups in total. The molecule has 1 fully saturated rings. The van der Waals surface area contributed by atoms with Crippen LogP contribution >= 0.6 is 0 Å². The Balaban J connectivity index is 1.59. The van der Waals surface area contributed by atoms with Crippen LogP contribution in [0.4, 0.5) is 0 Å². The summed E-state index contributed by atoms with van der Waals surface area (Å²) in [6.07, 6.45) is 1.76. The fourth-order valence-electron chi connectivity index (χ4n) is 3.63. The molecule has 180 valence electrons. The summed E-state index contributed by atoms with van der Waals surface area (Å²) in [6.45, 7) is 1.23. The van der Waals surface area contributed by atoms with Gasteiger partial charge in [-0.3, -0.25) is 4.79 Å². The first-order chi connectivity index (χ1) is 15.8. The molecule has 0 bridgehead atoms. The van der Waals surface area contributed by atoms with Crippen LogP contribution in [0.3, 0.4) is 0 Å². The number of nitrogens with zero attached hydrogens (tertiary/aromatic N) is 2. The van der Waals surface area contributed by atoms with Crippen LogP contribution in [0.2, 0.25) is 0 Å². The lowest BCUT2D eigenvalue weighted by molar-refractivity contribution is -0.132. The summed E-state index contributed by atoms with van der Waals surface area (Å²) in [4.78, 5) is 14.3. The predicted octanol–water partition coefficient (Wildman–Crippen LogP) is 2.53. The molecule has 0 atom stereocenters. The van der Waals surface area contributed by atoms with Crippen LogP contribution in [0.1, 0.15) is 18.4 Å². The average molecular weight is 479 g/mol. The highest BCUT2D eigenvalue weighted by molar-refractivity contribution is 7.89. The standard InChI is InChI=1S/C23H30N2O7S/c1-24(15-17-13-20(29-2)23(31-4)21(14-17)30-3)22(26)16-32-18-7-9-19(10-8-18)33(27,28)25-11-5-6-12-25/h7-10,13-14H,5-6,11-12,15-16H2,1-4H3. The monoisotopic (exact) mass is 478 g/mol. The van der Waals surface area contributed by atoms with E-state index in [1.54, 1.807) is 31.3 Å². The van der Waals surface area contributed by atoms with Crippen molar-refractivity contribution in [1.82, 2.24) is 9.21 Å². The molecular weight excluding hydrogens is 448 g/mol. The minimum atomic E-state index is -3.48. The lowest BCUT2D eigenvalue weighted by Gasteiger charge is -2.20. The van der Waals surface area contributed by atoms with E-state index in [9.17, 15) is 13.2 Å². The normalized spacial score (nSPS) is 14.1. The third kappa shape index (κ3) is 5.69. The second-order valence-corrected chi connectivity index (χ2v) is 9.59. The zero-order valence-corrected chi connectivity index (χ0v) is 20.2. The largest absolute Gasteiger partial charge is 0.493 e. The molecule has 0 spiro atoms. The summed E-state index contributed by atoms with van der Waals surface area (Å²) >= 11 is 0. The number of carbonyl (C=O) groups is 1. The Morgan fingerprint density at radius 3 is 2.06 bits per heavy atom. The van der Waals surface area contributed by atoms with Gasteiger partial charge in [0, 0.05) is 26.7 Å². The molecule has 0 radical (unpaired) electrons. The highest BCUT2D eigenvalue weighted by Crippen LogP contribution is 2.38. The van der Waals surface area contributed by atoms with Crippen molar-refractivity contribution in [2.45, 2.75) is 24.3 Å². The quantitative estimate of drug-likeness (QED) is 0.518. The SMILES string of the molecule is COc1cc(CN(C)C(=O)COc2ccc(S(=O)(=O)N3CCCC3)cc2)cc(OC)c1OC. The van der Waals surface area contributed by atoms with E-state index in [-0.39, 0.29) is 17.4 Å². The van der Waals surface area contributed by atoms with E-state index in [0.29, 0.717) is 42.6 Å². The molecule has 0 aliphatic carbocycles. The van der Waals surface area contributed by atoms with Crippen LogP contribution in [0, 0.1) is 0 Å². The molecule has 3 rings (SSSR count). The lowest BCUT2D eigenvalue weighted by atomic mass is 10.1. The van der Waals surface area contributed by atoms with Crippen molar-refractivity contribution in [3.8, 4) is 23.0 Å². The molecular formula is C23H30N2O7S. The summed E-state index contributed by atoms with van der Waals surface area (Å²) in [6, 6.07) is 9.71. The first-order valence-corrected chi connectivity index (χ1v) is 12.0. The third-order valence-electron chi connectivity index (χ3n) is 5.46. The first-order valence-electron chi connectivity index (χ1n) is 10.6. The van der Waals surface area contributed by atoms with Gasteiger partial charge in [0.25, 0.3) is 5.91 Å². The van der Waals surface area contributed by atoms with E-state index < -0.39 is 10.0 Å². The van der Waals surface area contributed by atoms with Crippen LogP contribution in [0.5, 0.6) is 23.0 Å². The Bertz CT molecular complexity index is 1040. The number of likely N-dealkylation sites (N-methyl/N-ethyl adjacent to an activating group) is 1. The highest BCUT2D eigenvalue weighted by atomic mass is 32.2. The average Bonchev–Trinajstić information content (AvgIpc) is 3.38. The van der Waals surface area contributed by atoms with Crippen molar-refractivity contribution in [3.63, 3.8) is 0 Å². The van der Waals surface area contributed by atoms with E-state index in [1.807, 2.05) is 0 Å². The van der Waals surface area contributed by atoms with Crippen molar-refractivity contribution in [2.75, 3.05) is 48.1 Å². The smallest absolute Gasteiger partial charge is 0.260 e. The Morgan fingerprint density at radius 2 is 1.55 bits per heavy atom. The zero-order chi connectivity index (χ0) is 24.0. The van der Waals surface area contributed by atoms with E-state index in [1.165, 1.54) is 42.7 Å². The summed E-state index contributed by atoms with van der Waals surface area (Å²) in [5, 5.41) is 0. The van der Waals surface area contributed by atoms with Gasteiger partial charge in [0.05, 0.1) is 26.2 Å². The molecule has 33 heavy (non-hydrogen) atoms. The number of sulfonamides is 1. The highest BCUT2D eigenvalue weighted by Gasteiger charge is 2.27. The maximum atomic E-state index is 12.6. The Labute approximate surface area is 194 Å². The maximum absolute atomic E-state index is 12.6. The van der Waals surface area contributed by atoms with Crippen LogP contribution < -0.4 is 18.9 Å². The van der Waals surface area contributed by atoms with Crippen LogP contribution in [0.15, 0.2) is 41.3 Å². The number of amides is 1. The zero-order valence-electron chi connectivity index (χ0n) is 19.4. The molecule has 2 aromatic carbocycles. The molecule has 2 aromatic rings. The van der Waals surface area contributed by atoms with Crippen molar-refractivity contribution in [1.29, 1.82) is 0 Å². The summed E-state index contributed by atoms with van der Waals surface area (Å²) in [5.74, 6) is 1.68. The van der Waals surface area contributed by atoms with Gasteiger partial charge in [-0.15, -0.1) is 0 Å². The molecule has 1 amide bonds. The molecule has 0 aromatic heterocycles. The van der Waals surface area contributed by atoms with Gasteiger partial charge in [-0.05, 0) is 54.8 Å². The van der Waals surface area contributed by atoms with E-state index in [2.05, 4.69) is 0 Å². The molecule has 10 heteroatoms. The Morgan fingerprint density at radius 1 is 0.970 bits per heavy atom. The second-order valence-electron chi connectivity index (χ2n) is 7.65. The summed E-state index contributed by atoms with van der Waals surface area (Å²) < 4.78 is 48.3. The summed E-state index contributed by atoms with van der Waals surface area (Å²) in [7, 11) is 2.78. The van der Waals surface area contributed by atoms with E-state index in [0.717, 1.165) is 18.4 Å². The number of hydrogen-bond acceptors (Lipinski definition) is 7. The number of hydrogen-bond donors (Lipinski definition) is 0. The fourth-order valence-corrected chi connectivity index (χ4v) is 5.15. The van der Waals surface area contributed by atoms with E-state index in [4.69, 9.17) is 18.9 Å². The van der Waals surface area contributed by atoms with Crippen LogP contribution in [-0.4, -0.2) is 71.6 Å². The number of methoxy groups -OCH3 is 3. The number of carbonyl (C=O) groups excluding carboxylic acids is 1. The van der Waals surface area contributed by atoms with Crippen molar-refractivity contribution >= 4 is 15.9 Å². The first kappa shape index (κ1) is 24.7. The third-order valence-corrected chi connectivity index (χ3v) is 7.37. The lowest BCUT2D eigenvalue weighted by Crippen LogP contribution is -2.31. The minimum absolute atomic E-state index is 0.181. The van der Waals surface area contributed by atoms with Gasteiger partial charge in [0.15, 0.2) is 18.1 Å². The van der Waals surface area contributed by atoms with Crippen molar-refractivity contribution < 1.29 is 32.2 Å². The summed E-state index contributed by atoms with van der Waals surface area (Å²) in [5.41, 5.74) is 0.803. The fraction of sp³-hybridized carbons (Fsp3) is 0.435. The number of ether oxygens (including phenoxy) is 4. The Hall–Kier alpha value is -2.98. The molecule has 1 saturated heterocycles. The number of rotatable bonds is 10. The molecule has 9 nitrogen and oxygen atoms in total. The van der Waals surface area contributed by atoms with Gasteiger partial charge in [0.2, 0.25) is 15.8 Å². The van der Waals surface area contributed by atoms with Crippen LogP contribution in [-0.2, 0) is 21.4 Å². The van der Waals surface area contributed by atoms with Gasteiger partial charge in [-0.1, -0.05) is 0 Å². The van der Waals surface area contributed by atoms with Crippen molar-refractivity contribution in [3.05, 3.63) is 42.0 Å². The predicted molar refractivity (Wildman–Crippen MR) is 123 cm³/mol. The molecule has 1 aliphatic rings. The van der Waals surface area contributed by atoms with Gasteiger partial charge in [-0.2, -0.15) is 4.31 Å². The van der Waals surface area contributed by atoms with Gasteiger partial charge in [-0.25, -0.2) is 8.42 Å². The molecule has 0 unspecified atom stereocenters. The van der Waals surface area contributed by atoms with Gasteiger partial charge >= 0.3 is 0 Å². The maximum Gasteiger partial charge on any atom is 0.260 e. The van der Waals surface area contributed by atoms with Gasteiger partial charge < -0.3 is 23.8 Å². The number of benzene rings is 2. The molecule has 0 saturated carbocycles. The van der Waals surface area contributed by atoms with Crippen molar-refractivity contribution in [2.24, 2.45) is 0 Å².